The number of aliphatic hydroxyl groups is 1. The van der Waals surface area contributed by atoms with Crippen molar-refractivity contribution in [3.63, 3.8) is 0 Å². The van der Waals surface area contributed by atoms with E-state index in [1.54, 1.807) is 21.3 Å². The zero-order valence-electron chi connectivity index (χ0n) is 14.5. The Labute approximate surface area is 142 Å². The summed E-state index contributed by atoms with van der Waals surface area (Å²) in [7, 11) is 5.04. The minimum Gasteiger partial charge on any atom is -0.493 e. The molecule has 1 aromatic carbocycles. The first-order valence-electron chi connectivity index (χ1n) is 8.56. The van der Waals surface area contributed by atoms with Crippen LogP contribution in [0.25, 0.3) is 0 Å². The van der Waals surface area contributed by atoms with Crippen LogP contribution in [0, 0.1) is 0 Å². The molecule has 1 spiro atoms. The molecule has 3 aliphatic rings. The van der Waals surface area contributed by atoms with E-state index in [0.29, 0.717) is 0 Å². The molecule has 0 unspecified atom stereocenters. The third kappa shape index (κ3) is 2.05. The fourth-order valence-corrected chi connectivity index (χ4v) is 4.81. The van der Waals surface area contributed by atoms with Gasteiger partial charge >= 0.3 is 0 Å². The highest BCUT2D eigenvalue weighted by Gasteiger charge is 2.53. The first-order valence-corrected chi connectivity index (χ1v) is 8.56. The van der Waals surface area contributed by atoms with Crippen LogP contribution in [0.5, 0.6) is 11.5 Å². The topological polar surface area (TPSA) is 51.2 Å². The van der Waals surface area contributed by atoms with Crippen LogP contribution < -0.4 is 9.47 Å². The highest BCUT2D eigenvalue weighted by molar-refractivity contribution is 5.55. The first kappa shape index (κ1) is 15.9. The molecular weight excluding hydrogens is 306 g/mol. The average molecular weight is 331 g/mol. The number of rotatable bonds is 3. The maximum atomic E-state index is 10.4. The summed E-state index contributed by atoms with van der Waals surface area (Å²) >= 11 is 0. The molecule has 1 saturated heterocycles. The minimum atomic E-state index is -0.527. The summed E-state index contributed by atoms with van der Waals surface area (Å²) in [5, 5.41) is 10.4. The van der Waals surface area contributed by atoms with E-state index in [1.807, 2.05) is 6.08 Å². The van der Waals surface area contributed by atoms with Gasteiger partial charge in [-0.05, 0) is 41.7 Å². The molecule has 24 heavy (non-hydrogen) atoms. The van der Waals surface area contributed by atoms with Crippen LogP contribution in [-0.2, 0) is 16.7 Å². The lowest BCUT2D eigenvalue weighted by Crippen LogP contribution is -2.52. The van der Waals surface area contributed by atoms with Gasteiger partial charge in [-0.3, -0.25) is 4.90 Å². The summed E-state index contributed by atoms with van der Waals surface area (Å²) in [6.07, 6.45) is 4.09. The fourth-order valence-electron chi connectivity index (χ4n) is 4.81. The summed E-state index contributed by atoms with van der Waals surface area (Å²) in [5.74, 6) is 1.54. The maximum absolute atomic E-state index is 10.4. The molecule has 5 heteroatoms. The van der Waals surface area contributed by atoms with Gasteiger partial charge in [0.25, 0.3) is 0 Å². The number of methoxy groups -OCH3 is 3. The molecular formula is C19H25NO4. The summed E-state index contributed by atoms with van der Waals surface area (Å²) in [4.78, 5) is 2.55. The zero-order valence-corrected chi connectivity index (χ0v) is 14.5. The van der Waals surface area contributed by atoms with Gasteiger partial charge in [-0.25, -0.2) is 0 Å². The Morgan fingerprint density at radius 2 is 1.79 bits per heavy atom. The summed E-state index contributed by atoms with van der Waals surface area (Å²) in [6, 6.07) is 4.24. The molecule has 3 atom stereocenters. The van der Waals surface area contributed by atoms with Gasteiger partial charge < -0.3 is 19.3 Å². The van der Waals surface area contributed by atoms with Crippen molar-refractivity contribution in [1.29, 1.82) is 0 Å². The summed E-state index contributed by atoms with van der Waals surface area (Å²) in [5.41, 5.74) is 3.73. The lowest BCUT2D eigenvalue weighted by Gasteiger charge is -2.49. The molecule has 0 bridgehead atoms. The Morgan fingerprint density at radius 3 is 2.50 bits per heavy atom. The van der Waals surface area contributed by atoms with Gasteiger partial charge in [-0.1, -0.05) is 6.08 Å². The van der Waals surface area contributed by atoms with E-state index < -0.39 is 6.10 Å². The monoisotopic (exact) mass is 331 g/mol. The molecule has 1 aromatic rings. The number of aliphatic hydroxyl groups excluding tert-OH is 1. The van der Waals surface area contributed by atoms with Gasteiger partial charge in [0.05, 0.1) is 32.0 Å². The molecule has 2 heterocycles. The number of nitrogens with zero attached hydrogens (tertiary/aromatic N) is 1. The molecule has 1 N–H and O–H groups in total. The maximum Gasteiger partial charge on any atom is 0.161 e. The smallest absolute Gasteiger partial charge is 0.161 e. The second kappa shape index (κ2) is 5.76. The molecule has 130 valence electrons. The van der Waals surface area contributed by atoms with Crippen molar-refractivity contribution in [2.24, 2.45) is 0 Å². The number of fused-ring (bicyclic) bond motifs is 1. The van der Waals surface area contributed by atoms with Gasteiger partial charge in [-0.2, -0.15) is 0 Å². The van der Waals surface area contributed by atoms with Crippen LogP contribution in [-0.4, -0.2) is 56.6 Å². The van der Waals surface area contributed by atoms with E-state index in [-0.39, 0.29) is 11.6 Å². The van der Waals surface area contributed by atoms with E-state index in [2.05, 4.69) is 17.0 Å². The Hall–Kier alpha value is -1.56. The van der Waals surface area contributed by atoms with Crippen molar-refractivity contribution >= 4 is 0 Å². The molecule has 2 aliphatic heterocycles. The third-order valence-electron chi connectivity index (χ3n) is 5.98. The Bertz CT molecular complexity index is 686. The van der Waals surface area contributed by atoms with Crippen LogP contribution >= 0.6 is 0 Å². The van der Waals surface area contributed by atoms with E-state index in [9.17, 15) is 5.11 Å². The molecule has 5 nitrogen and oxygen atoms in total. The molecule has 1 fully saturated rings. The SMILES string of the molecule is COc1cc2c(cc1OC)[C@]13C[C@H](OC)[C@H](O)C=C1CCN3CC2. The van der Waals surface area contributed by atoms with Crippen molar-refractivity contribution in [1.82, 2.24) is 4.90 Å². The zero-order chi connectivity index (χ0) is 16.9. The van der Waals surface area contributed by atoms with Gasteiger partial charge in [0.15, 0.2) is 11.5 Å². The molecule has 0 saturated carbocycles. The van der Waals surface area contributed by atoms with Gasteiger partial charge in [-0.15, -0.1) is 0 Å². The molecule has 0 amide bonds. The highest BCUT2D eigenvalue weighted by atomic mass is 16.5. The van der Waals surface area contributed by atoms with Gasteiger partial charge in [0.1, 0.15) is 0 Å². The minimum absolute atomic E-state index is 0.174. The Morgan fingerprint density at radius 1 is 1.08 bits per heavy atom. The lowest BCUT2D eigenvalue weighted by molar-refractivity contribution is -0.0345. The van der Waals surface area contributed by atoms with Crippen LogP contribution in [0.15, 0.2) is 23.8 Å². The normalized spacial score (nSPS) is 31.8. The predicted octanol–water partition coefficient (Wildman–Crippen LogP) is 1.87. The first-order chi connectivity index (χ1) is 11.6. The Kier molecular flexibility index (Phi) is 3.82. The number of hydrogen-bond acceptors (Lipinski definition) is 5. The molecule has 4 rings (SSSR count). The van der Waals surface area contributed by atoms with Crippen LogP contribution in [0.1, 0.15) is 24.0 Å². The second-order valence-electron chi connectivity index (χ2n) is 6.87. The van der Waals surface area contributed by atoms with Gasteiger partial charge in [0, 0.05) is 26.6 Å². The van der Waals surface area contributed by atoms with E-state index in [4.69, 9.17) is 14.2 Å². The average Bonchev–Trinajstić information content (AvgIpc) is 2.98. The number of ether oxygens (including phenoxy) is 3. The fraction of sp³-hybridized carbons (Fsp3) is 0.579. The summed E-state index contributed by atoms with van der Waals surface area (Å²) in [6.45, 7) is 2.05. The molecule has 0 aromatic heterocycles. The second-order valence-corrected chi connectivity index (χ2v) is 6.87. The van der Waals surface area contributed by atoms with Crippen molar-refractivity contribution < 1.29 is 19.3 Å². The van der Waals surface area contributed by atoms with Crippen molar-refractivity contribution in [2.45, 2.75) is 37.0 Å². The van der Waals surface area contributed by atoms with Crippen molar-refractivity contribution in [3.05, 3.63) is 34.9 Å². The van der Waals surface area contributed by atoms with Crippen LogP contribution in [0.4, 0.5) is 0 Å². The van der Waals surface area contributed by atoms with Crippen molar-refractivity contribution in [3.8, 4) is 11.5 Å². The standard InChI is InChI=1S/C19H25NO4/c1-22-16-8-12-4-6-20-7-5-13-9-15(21)18(24-3)11-19(13,20)14(12)10-17(16)23-2/h8-10,15,18,21H,4-7,11H2,1-3H3/t15-,18+,19+/m1/s1. The van der Waals surface area contributed by atoms with Gasteiger partial charge in [0.2, 0.25) is 0 Å². The lowest BCUT2D eigenvalue weighted by atomic mass is 9.70. The van der Waals surface area contributed by atoms with E-state index in [0.717, 1.165) is 43.9 Å². The molecule has 1 aliphatic carbocycles. The quantitative estimate of drug-likeness (QED) is 0.857. The van der Waals surface area contributed by atoms with Crippen LogP contribution in [0.3, 0.4) is 0 Å². The predicted molar refractivity (Wildman–Crippen MR) is 90.6 cm³/mol. The Balaban J connectivity index is 1.91. The van der Waals surface area contributed by atoms with Crippen LogP contribution in [0.2, 0.25) is 0 Å². The van der Waals surface area contributed by atoms with E-state index in [1.165, 1.54) is 16.7 Å². The highest BCUT2D eigenvalue weighted by Crippen LogP contribution is 2.54. The van der Waals surface area contributed by atoms with E-state index >= 15 is 0 Å². The van der Waals surface area contributed by atoms with Crippen molar-refractivity contribution in [2.75, 3.05) is 34.4 Å². The molecule has 0 radical (unpaired) electrons. The largest absolute Gasteiger partial charge is 0.493 e. The number of hydrogen-bond donors (Lipinski definition) is 1. The summed E-state index contributed by atoms with van der Waals surface area (Å²) < 4.78 is 16.6. The number of benzene rings is 1. The third-order valence-corrected chi connectivity index (χ3v) is 5.98.